The lowest BCUT2D eigenvalue weighted by Crippen LogP contribution is -2.36. The highest BCUT2D eigenvalue weighted by Crippen LogP contribution is 2.32. The largest absolute Gasteiger partial charge is 0.367 e. The molecule has 1 N–H and O–H groups in total. The first-order valence-electron chi connectivity index (χ1n) is 8.19. The number of hydrogen-bond acceptors (Lipinski definition) is 3. The lowest BCUT2D eigenvalue weighted by atomic mass is 9.95. The maximum atomic E-state index is 4.61. The summed E-state index contributed by atoms with van der Waals surface area (Å²) < 4.78 is 0. The van der Waals surface area contributed by atoms with Gasteiger partial charge in [-0.1, -0.05) is 26.3 Å². The van der Waals surface area contributed by atoms with Crippen molar-refractivity contribution in [2.75, 3.05) is 18.4 Å². The van der Waals surface area contributed by atoms with Gasteiger partial charge in [-0.05, 0) is 49.8 Å². The third-order valence-electron chi connectivity index (χ3n) is 4.31. The minimum Gasteiger partial charge on any atom is -0.367 e. The molecule has 2 heterocycles. The Morgan fingerprint density at radius 3 is 2.75 bits per heavy atom. The van der Waals surface area contributed by atoms with E-state index in [0.717, 1.165) is 11.7 Å². The smallest absolute Gasteiger partial charge is 0.126 e. The van der Waals surface area contributed by atoms with Gasteiger partial charge in [0.15, 0.2) is 0 Å². The molecule has 2 fully saturated rings. The van der Waals surface area contributed by atoms with Crippen LogP contribution in [0.2, 0.25) is 0 Å². The molecule has 1 aliphatic heterocycles. The minimum absolute atomic E-state index is 0.577. The molecule has 3 rings (SSSR count). The molecule has 1 aromatic rings. The molecule has 1 aromatic heterocycles. The van der Waals surface area contributed by atoms with E-state index in [9.17, 15) is 0 Å². The van der Waals surface area contributed by atoms with Crippen LogP contribution in [0.15, 0.2) is 18.3 Å². The van der Waals surface area contributed by atoms with Gasteiger partial charge < -0.3 is 5.32 Å². The number of anilines is 1. The van der Waals surface area contributed by atoms with E-state index in [1.54, 1.807) is 0 Å². The summed E-state index contributed by atoms with van der Waals surface area (Å²) in [5, 5.41) is 3.46. The van der Waals surface area contributed by atoms with E-state index in [2.05, 4.69) is 47.4 Å². The maximum absolute atomic E-state index is 4.61. The third kappa shape index (κ3) is 3.51. The van der Waals surface area contributed by atoms with Gasteiger partial charge in [-0.2, -0.15) is 0 Å². The van der Waals surface area contributed by atoms with Gasteiger partial charge in [-0.25, -0.2) is 4.98 Å². The quantitative estimate of drug-likeness (QED) is 0.883. The second kappa shape index (κ2) is 6.13. The van der Waals surface area contributed by atoms with Crippen molar-refractivity contribution in [3.63, 3.8) is 0 Å². The Bertz CT molecular complexity index is 422. The van der Waals surface area contributed by atoms with Crippen LogP contribution in [0.3, 0.4) is 0 Å². The Morgan fingerprint density at radius 1 is 1.25 bits per heavy atom. The number of aromatic nitrogens is 1. The SMILES string of the molecule is CC(C)CN1CCCCC1c1ccc(NC2CC2)nc1. The van der Waals surface area contributed by atoms with Crippen molar-refractivity contribution in [3.05, 3.63) is 23.9 Å². The molecule has 0 spiro atoms. The zero-order valence-electron chi connectivity index (χ0n) is 12.8. The van der Waals surface area contributed by atoms with Crippen LogP contribution in [0.1, 0.15) is 57.6 Å². The second-order valence-electron chi connectivity index (χ2n) is 6.80. The minimum atomic E-state index is 0.577. The molecule has 3 heteroatoms. The highest BCUT2D eigenvalue weighted by Gasteiger charge is 2.25. The van der Waals surface area contributed by atoms with Crippen LogP contribution in [-0.2, 0) is 0 Å². The topological polar surface area (TPSA) is 28.2 Å². The molecule has 3 nitrogen and oxygen atoms in total. The third-order valence-corrected chi connectivity index (χ3v) is 4.31. The molecule has 20 heavy (non-hydrogen) atoms. The molecule has 1 atom stereocenters. The summed E-state index contributed by atoms with van der Waals surface area (Å²) in [6.45, 7) is 7.07. The second-order valence-corrected chi connectivity index (χ2v) is 6.80. The van der Waals surface area contributed by atoms with E-state index in [-0.39, 0.29) is 0 Å². The van der Waals surface area contributed by atoms with Crippen molar-refractivity contribution in [1.29, 1.82) is 0 Å². The van der Waals surface area contributed by atoms with Gasteiger partial charge in [-0.3, -0.25) is 4.90 Å². The first-order chi connectivity index (χ1) is 9.72. The number of rotatable bonds is 5. The van der Waals surface area contributed by atoms with Gasteiger partial charge in [0.1, 0.15) is 5.82 Å². The highest BCUT2D eigenvalue weighted by molar-refractivity contribution is 5.38. The lowest BCUT2D eigenvalue weighted by molar-refractivity contribution is 0.132. The average Bonchev–Trinajstić information content (AvgIpc) is 3.24. The van der Waals surface area contributed by atoms with E-state index in [1.807, 2.05) is 0 Å². The van der Waals surface area contributed by atoms with Gasteiger partial charge in [0, 0.05) is 24.8 Å². The predicted molar refractivity (Wildman–Crippen MR) is 83.9 cm³/mol. The van der Waals surface area contributed by atoms with Gasteiger partial charge >= 0.3 is 0 Å². The van der Waals surface area contributed by atoms with E-state index >= 15 is 0 Å². The Kier molecular flexibility index (Phi) is 4.25. The summed E-state index contributed by atoms with van der Waals surface area (Å²) >= 11 is 0. The van der Waals surface area contributed by atoms with Crippen LogP contribution in [0.25, 0.3) is 0 Å². The lowest BCUT2D eigenvalue weighted by Gasteiger charge is -2.37. The normalized spacial score (nSPS) is 24.1. The fourth-order valence-corrected chi connectivity index (χ4v) is 3.18. The number of piperidine rings is 1. The zero-order valence-corrected chi connectivity index (χ0v) is 12.8. The van der Waals surface area contributed by atoms with Crippen LogP contribution < -0.4 is 5.32 Å². The predicted octanol–water partition coefficient (Wildman–Crippen LogP) is 3.84. The summed E-state index contributed by atoms with van der Waals surface area (Å²) in [6, 6.07) is 5.70. The van der Waals surface area contributed by atoms with E-state index in [4.69, 9.17) is 0 Å². The van der Waals surface area contributed by atoms with Crippen molar-refractivity contribution < 1.29 is 0 Å². The van der Waals surface area contributed by atoms with Gasteiger partial charge in [0.2, 0.25) is 0 Å². The van der Waals surface area contributed by atoms with Crippen molar-refractivity contribution in [1.82, 2.24) is 9.88 Å². The summed E-state index contributed by atoms with van der Waals surface area (Å²) in [4.78, 5) is 7.26. The first-order valence-corrected chi connectivity index (χ1v) is 8.19. The summed E-state index contributed by atoms with van der Waals surface area (Å²) in [7, 11) is 0. The molecule has 0 aromatic carbocycles. The number of likely N-dealkylation sites (tertiary alicyclic amines) is 1. The molecule has 0 amide bonds. The Balaban J connectivity index is 1.68. The van der Waals surface area contributed by atoms with Crippen LogP contribution in [-0.4, -0.2) is 29.0 Å². The summed E-state index contributed by atoms with van der Waals surface area (Å²) in [5.41, 5.74) is 1.40. The molecular weight excluding hydrogens is 246 g/mol. The molecule has 2 aliphatic rings. The number of nitrogens with zero attached hydrogens (tertiary/aromatic N) is 2. The van der Waals surface area contributed by atoms with E-state index in [0.29, 0.717) is 12.1 Å². The van der Waals surface area contributed by atoms with Crippen LogP contribution in [0.4, 0.5) is 5.82 Å². The molecule has 0 radical (unpaired) electrons. The molecule has 0 bridgehead atoms. The molecule has 1 unspecified atom stereocenters. The number of hydrogen-bond donors (Lipinski definition) is 1. The Morgan fingerprint density at radius 2 is 2.10 bits per heavy atom. The number of nitrogens with one attached hydrogen (secondary N) is 1. The van der Waals surface area contributed by atoms with Crippen LogP contribution >= 0.6 is 0 Å². The number of pyridine rings is 1. The average molecular weight is 273 g/mol. The highest BCUT2D eigenvalue weighted by atomic mass is 15.2. The van der Waals surface area contributed by atoms with E-state index < -0.39 is 0 Å². The van der Waals surface area contributed by atoms with Crippen LogP contribution in [0, 0.1) is 5.92 Å². The summed E-state index contributed by atoms with van der Waals surface area (Å²) in [6.07, 6.45) is 8.67. The molecular formula is C17H27N3. The van der Waals surface area contributed by atoms with Gasteiger partial charge in [-0.15, -0.1) is 0 Å². The maximum Gasteiger partial charge on any atom is 0.126 e. The molecule has 1 saturated heterocycles. The van der Waals surface area contributed by atoms with Crippen LogP contribution in [0.5, 0.6) is 0 Å². The van der Waals surface area contributed by atoms with Crippen molar-refractivity contribution in [2.45, 2.75) is 58.0 Å². The fourth-order valence-electron chi connectivity index (χ4n) is 3.18. The monoisotopic (exact) mass is 273 g/mol. The standard InChI is InChI=1S/C17H27N3/c1-13(2)12-20-10-4-3-5-16(20)14-6-9-17(18-11-14)19-15-7-8-15/h6,9,11,13,15-16H,3-5,7-8,10,12H2,1-2H3,(H,18,19). The van der Waals surface area contributed by atoms with Crippen molar-refractivity contribution >= 4 is 5.82 Å². The van der Waals surface area contributed by atoms with Crippen molar-refractivity contribution in [3.8, 4) is 0 Å². The van der Waals surface area contributed by atoms with Gasteiger partial charge in [0.05, 0.1) is 0 Å². The molecule has 1 saturated carbocycles. The molecule has 110 valence electrons. The first kappa shape index (κ1) is 13.9. The van der Waals surface area contributed by atoms with E-state index in [1.165, 1.54) is 50.8 Å². The van der Waals surface area contributed by atoms with Crippen molar-refractivity contribution in [2.24, 2.45) is 5.92 Å². The summed E-state index contributed by atoms with van der Waals surface area (Å²) in [5.74, 6) is 1.78. The zero-order chi connectivity index (χ0) is 13.9. The molecule has 1 aliphatic carbocycles. The Hall–Kier alpha value is -1.09. The van der Waals surface area contributed by atoms with Gasteiger partial charge in [0.25, 0.3) is 0 Å². The fraction of sp³-hybridized carbons (Fsp3) is 0.706. The Labute approximate surface area is 122 Å².